The molecule has 0 radical (unpaired) electrons. The summed E-state index contributed by atoms with van der Waals surface area (Å²) in [4.78, 5) is 47.8. The van der Waals surface area contributed by atoms with Gasteiger partial charge in [0.05, 0.1) is 5.52 Å². The van der Waals surface area contributed by atoms with E-state index in [2.05, 4.69) is 46.8 Å². The average molecular weight is 616 g/mol. The average Bonchev–Trinajstić information content (AvgIpc) is 3.35. The van der Waals surface area contributed by atoms with Crippen LogP contribution < -0.4 is 20.5 Å². The molecule has 12 nitrogen and oxygen atoms in total. The van der Waals surface area contributed by atoms with Gasteiger partial charge in [0, 0.05) is 61.4 Å². The summed E-state index contributed by atoms with van der Waals surface area (Å²) in [5, 5.41) is 3.65. The zero-order chi connectivity index (χ0) is 31.3. The molecule has 0 amide bonds. The second-order valence-corrected chi connectivity index (χ2v) is 10.5. The van der Waals surface area contributed by atoms with E-state index in [1.807, 2.05) is 24.3 Å². The van der Waals surface area contributed by atoms with Crippen molar-refractivity contribution in [3.8, 4) is 11.6 Å². The van der Waals surface area contributed by atoms with Crippen LogP contribution in [0.25, 0.3) is 33.4 Å². The van der Waals surface area contributed by atoms with Crippen LogP contribution in [0.2, 0.25) is 0 Å². The third-order valence-corrected chi connectivity index (χ3v) is 7.54. The number of rotatable bonds is 5. The van der Waals surface area contributed by atoms with Gasteiger partial charge in [0.1, 0.15) is 11.1 Å². The molecule has 0 unspecified atom stereocenters. The number of carbonyl (C=O) groups is 1. The van der Waals surface area contributed by atoms with Gasteiger partial charge >= 0.3 is 12.1 Å². The van der Waals surface area contributed by atoms with Crippen LogP contribution in [0, 0.1) is 0 Å². The first-order chi connectivity index (χ1) is 21.7. The fraction of sp³-hybridized carbons (Fsp3) is 0.200. The van der Waals surface area contributed by atoms with Crippen molar-refractivity contribution in [1.29, 1.82) is 0 Å². The van der Waals surface area contributed by atoms with E-state index in [-0.39, 0.29) is 39.7 Å². The number of nitrogens with one attached hydrogen (secondary N) is 1. The molecule has 0 aliphatic carbocycles. The second-order valence-electron chi connectivity index (χ2n) is 10.5. The van der Waals surface area contributed by atoms with Crippen molar-refractivity contribution in [2.75, 3.05) is 43.4 Å². The molecule has 1 fully saturated rings. The zero-order valence-electron chi connectivity index (χ0n) is 23.7. The monoisotopic (exact) mass is 615 g/mol. The van der Waals surface area contributed by atoms with Crippen molar-refractivity contribution >= 4 is 50.9 Å². The minimum absolute atomic E-state index is 0.104. The molecule has 1 aliphatic heterocycles. The number of benzene rings is 2. The predicted molar refractivity (Wildman–Crippen MR) is 160 cm³/mol. The Morgan fingerprint density at radius 1 is 0.933 bits per heavy atom. The first kappa shape index (κ1) is 28.2. The van der Waals surface area contributed by atoms with Crippen molar-refractivity contribution in [3.05, 3.63) is 83.4 Å². The largest absolute Gasteiger partial charge is 0.491 e. The summed E-state index contributed by atoms with van der Waals surface area (Å²) in [6.45, 7) is 3.89. The van der Waals surface area contributed by atoms with Crippen molar-refractivity contribution in [2.45, 2.75) is 6.18 Å². The van der Waals surface area contributed by atoms with E-state index in [4.69, 9.17) is 0 Å². The molecule has 0 atom stereocenters. The molecule has 4 aromatic heterocycles. The van der Waals surface area contributed by atoms with Crippen LogP contribution in [-0.2, 0) is 4.79 Å². The highest BCUT2D eigenvalue weighted by Crippen LogP contribution is 2.29. The summed E-state index contributed by atoms with van der Waals surface area (Å²) in [5.41, 5.74) is 1.84. The Labute approximate surface area is 252 Å². The summed E-state index contributed by atoms with van der Waals surface area (Å²) in [5.74, 6) is -2.24. The Bertz CT molecular complexity index is 2120. The number of likely N-dealkylation sites (N-methyl/N-ethyl adjacent to an activating group) is 1. The highest BCUT2D eigenvalue weighted by Gasteiger charge is 2.41. The first-order valence-electron chi connectivity index (χ1n) is 13.9. The van der Waals surface area contributed by atoms with Gasteiger partial charge in [-0.1, -0.05) is 6.07 Å². The minimum Gasteiger partial charge on any atom is -0.420 e. The lowest BCUT2D eigenvalue weighted by Gasteiger charge is -2.34. The van der Waals surface area contributed by atoms with Crippen LogP contribution in [-0.4, -0.2) is 79.4 Å². The number of halogens is 3. The lowest BCUT2D eigenvalue weighted by atomic mass is 10.2. The first-order valence-corrected chi connectivity index (χ1v) is 13.9. The Morgan fingerprint density at radius 3 is 2.42 bits per heavy atom. The normalized spacial score (nSPS) is 14.4. The zero-order valence-corrected chi connectivity index (χ0v) is 23.7. The maximum absolute atomic E-state index is 13.9. The van der Waals surface area contributed by atoms with E-state index in [0.29, 0.717) is 5.39 Å². The van der Waals surface area contributed by atoms with Crippen LogP contribution in [0.5, 0.6) is 5.75 Å². The maximum atomic E-state index is 13.9. The standard InChI is InChI=1S/C30H24F3N9O3/c1-39-12-14-40(15-13-39)19-7-5-18(6-8-19)36-29-35-17-22-25(38-29)37-26-21-10-9-20(45-28(44)30(31,32)33)16-23(21)41(42(26)27(22)43)24-4-2-3-11-34-24/h2-11,16-17H,12-15H2,1H3,(H,35,36,38). The molecule has 2 aromatic carbocycles. The van der Waals surface area contributed by atoms with E-state index in [0.717, 1.165) is 37.6 Å². The lowest BCUT2D eigenvalue weighted by molar-refractivity contribution is -0.189. The molecule has 6 aromatic rings. The van der Waals surface area contributed by atoms with Crippen LogP contribution in [0.3, 0.4) is 0 Å². The number of hydrogen-bond acceptors (Lipinski definition) is 10. The van der Waals surface area contributed by atoms with Gasteiger partial charge < -0.3 is 19.9 Å². The number of nitrogens with zero attached hydrogens (tertiary/aromatic N) is 8. The summed E-state index contributed by atoms with van der Waals surface area (Å²) >= 11 is 0. The maximum Gasteiger partial charge on any atom is 0.491 e. The molecule has 1 saturated heterocycles. The Hall–Kier alpha value is -5.57. The van der Waals surface area contributed by atoms with E-state index >= 15 is 0 Å². The number of anilines is 3. The molecule has 0 saturated carbocycles. The Morgan fingerprint density at radius 2 is 1.71 bits per heavy atom. The van der Waals surface area contributed by atoms with Crippen molar-refractivity contribution in [3.63, 3.8) is 0 Å². The van der Waals surface area contributed by atoms with Gasteiger partial charge in [-0.15, -0.1) is 0 Å². The van der Waals surface area contributed by atoms with Crippen LogP contribution in [0.1, 0.15) is 0 Å². The predicted octanol–water partition coefficient (Wildman–Crippen LogP) is 3.94. The molecular formula is C30H24F3N9O3. The number of hydrogen-bond donors (Lipinski definition) is 1. The molecule has 228 valence electrons. The smallest absolute Gasteiger partial charge is 0.420 e. The number of ether oxygens (including phenoxy) is 1. The van der Waals surface area contributed by atoms with Gasteiger partial charge in [-0.3, -0.25) is 4.79 Å². The van der Waals surface area contributed by atoms with Gasteiger partial charge in [0.15, 0.2) is 17.1 Å². The molecule has 15 heteroatoms. The van der Waals surface area contributed by atoms with E-state index in [1.54, 1.807) is 18.2 Å². The summed E-state index contributed by atoms with van der Waals surface area (Å²) in [7, 11) is 2.11. The van der Waals surface area contributed by atoms with Crippen LogP contribution in [0.15, 0.2) is 77.9 Å². The number of piperazine rings is 1. The minimum atomic E-state index is -5.18. The number of aromatic nitrogens is 6. The summed E-state index contributed by atoms with van der Waals surface area (Å²) in [6, 6.07) is 16.7. The van der Waals surface area contributed by atoms with Crippen molar-refractivity contribution < 1.29 is 22.7 Å². The van der Waals surface area contributed by atoms with E-state index < -0.39 is 17.7 Å². The van der Waals surface area contributed by atoms with E-state index in [9.17, 15) is 22.8 Å². The fourth-order valence-corrected chi connectivity index (χ4v) is 5.25. The lowest BCUT2D eigenvalue weighted by Crippen LogP contribution is -2.44. The second kappa shape index (κ2) is 10.9. The third kappa shape index (κ3) is 5.26. The number of carbonyl (C=O) groups excluding carboxylic acids is 1. The molecule has 5 heterocycles. The molecule has 1 aliphatic rings. The van der Waals surface area contributed by atoms with Gasteiger partial charge in [-0.05, 0) is 55.6 Å². The number of pyridine rings is 1. The van der Waals surface area contributed by atoms with Gasteiger partial charge in [-0.25, -0.2) is 24.4 Å². The topological polar surface area (TPSA) is 123 Å². The number of fused-ring (bicyclic) bond motifs is 4. The van der Waals surface area contributed by atoms with Gasteiger partial charge in [-0.2, -0.15) is 22.7 Å². The van der Waals surface area contributed by atoms with Crippen LogP contribution in [0.4, 0.5) is 30.5 Å². The van der Waals surface area contributed by atoms with Crippen molar-refractivity contribution in [2.24, 2.45) is 0 Å². The van der Waals surface area contributed by atoms with E-state index in [1.165, 1.54) is 39.8 Å². The molecule has 7 rings (SSSR count). The summed E-state index contributed by atoms with van der Waals surface area (Å²) in [6.07, 6.45) is -2.32. The Kier molecular flexibility index (Phi) is 6.81. The quantitative estimate of drug-likeness (QED) is 0.225. The molecular weight excluding hydrogens is 591 g/mol. The number of esters is 1. The molecule has 0 bridgehead atoms. The van der Waals surface area contributed by atoms with Gasteiger partial charge in [0.2, 0.25) is 5.95 Å². The highest BCUT2D eigenvalue weighted by atomic mass is 19.4. The van der Waals surface area contributed by atoms with Gasteiger partial charge in [0.25, 0.3) is 5.56 Å². The SMILES string of the molecule is CN1CCN(c2ccc(Nc3ncc4c(=O)n5c(nc4n3)c3ccc(OC(=O)C(F)(F)F)cc3n5-c3ccccn3)cc2)CC1. The third-order valence-electron chi connectivity index (χ3n) is 7.54. The van der Waals surface area contributed by atoms with Crippen LogP contribution >= 0.6 is 0 Å². The molecule has 0 spiro atoms. The Balaban J connectivity index is 1.29. The highest BCUT2D eigenvalue weighted by molar-refractivity contribution is 5.96. The summed E-state index contributed by atoms with van der Waals surface area (Å²) < 4.78 is 45.8. The molecule has 45 heavy (non-hydrogen) atoms. The van der Waals surface area contributed by atoms with Crippen molar-refractivity contribution in [1.82, 2.24) is 34.0 Å². The molecule has 1 N–H and O–H groups in total. The fourth-order valence-electron chi connectivity index (χ4n) is 5.25. The number of alkyl halides is 3.